The van der Waals surface area contributed by atoms with Crippen molar-refractivity contribution in [2.45, 2.75) is 127 Å². The van der Waals surface area contributed by atoms with Gasteiger partial charge in [-0.3, -0.25) is 9.59 Å². The van der Waals surface area contributed by atoms with E-state index in [1.165, 1.54) is 0 Å². The normalized spacial score (nSPS) is 22.2. The summed E-state index contributed by atoms with van der Waals surface area (Å²) < 4.78 is 4.39. The minimum atomic E-state index is -1.75. The number of rotatable bonds is 4. The van der Waals surface area contributed by atoms with Crippen LogP contribution in [0.3, 0.4) is 0 Å². The zero-order valence-corrected chi connectivity index (χ0v) is 36.2. The minimum Gasteiger partial charge on any atom is -0.464 e. The molecule has 349 valence electrons. The first kappa shape index (κ1) is 59.4. The number of aliphatic hydroxyl groups is 2. The number of carbonyl (C=O) groups excluding carboxylic acids is 2. The third kappa shape index (κ3) is 29.9. The smallest absolute Gasteiger partial charge is 0.334 e. The number of nitrogens with zero attached hydrogens (tertiary/aromatic N) is 10. The third-order valence-electron chi connectivity index (χ3n) is 9.58. The first-order chi connectivity index (χ1) is 27.9. The van der Waals surface area contributed by atoms with E-state index in [0.29, 0.717) is 47.8 Å². The molecular formula is C28H46N10NpO22-4. The zero-order chi connectivity index (χ0) is 46.5. The van der Waals surface area contributed by atoms with Crippen molar-refractivity contribution in [2.75, 3.05) is 26.2 Å². The maximum Gasteiger partial charge on any atom is 0.334 e. The molecule has 0 aromatic heterocycles. The van der Waals surface area contributed by atoms with Gasteiger partial charge in [0.25, 0.3) is 0 Å². The topological polar surface area (TPSA) is 484 Å². The van der Waals surface area contributed by atoms with Crippen LogP contribution in [0.4, 0.5) is 0 Å². The summed E-state index contributed by atoms with van der Waals surface area (Å²) in [7, 11) is 0. The Morgan fingerprint density at radius 1 is 0.426 bits per heavy atom. The number of amides is 2. The fourth-order valence-electron chi connectivity index (χ4n) is 7.62. The quantitative estimate of drug-likeness (QED) is 0.231. The molecule has 2 N–H and O–H groups in total. The van der Waals surface area contributed by atoms with Gasteiger partial charge in [-0.1, -0.05) is 0 Å². The Labute approximate surface area is 366 Å². The molecule has 0 spiro atoms. The van der Waals surface area contributed by atoms with E-state index in [2.05, 4.69) is 19.0 Å². The van der Waals surface area contributed by atoms with Crippen molar-refractivity contribution in [1.82, 2.24) is 9.80 Å². The maximum atomic E-state index is 11.7. The van der Waals surface area contributed by atoms with Gasteiger partial charge in [0.15, 0.2) is 12.1 Å². The van der Waals surface area contributed by atoms with E-state index in [4.69, 9.17) is 91.9 Å². The molecule has 32 nitrogen and oxygen atoms in total. The van der Waals surface area contributed by atoms with Gasteiger partial charge in [-0.05, 0) is 38.5 Å². The molecule has 0 unspecified atom stereocenters. The molecule has 4 aliphatic heterocycles. The molecule has 61 heavy (non-hydrogen) atoms. The summed E-state index contributed by atoms with van der Waals surface area (Å²) in [5.41, 5.74) is 0. The van der Waals surface area contributed by atoms with Crippen LogP contribution < -0.4 is 0 Å². The number of hydrogen-bond donors (Lipinski definition) is 2. The molecule has 2 saturated carbocycles. The van der Waals surface area contributed by atoms with Gasteiger partial charge < -0.3 is 112 Å². The largest absolute Gasteiger partial charge is 0.464 e. The summed E-state index contributed by atoms with van der Waals surface area (Å²) in [4.78, 5) is 77.2. The van der Waals surface area contributed by atoms with Crippen molar-refractivity contribution in [3.63, 3.8) is 0 Å². The SMILES string of the molecule is O=C1CCCN1C1CCC([N+]2=C(O)CCC2)CC1.O=C1CCCN1C1CCC([N+]2=C(O)CCC2)CC1.O=[N+]([O-])[O-].O=[N+]([O-])[O-].O=[N+]([O-])[O-].O=[N+]([O-])[O-].O=[N+]([O-])[O-].O=[N+]([O-])[O-].[Np]. The van der Waals surface area contributed by atoms with Crippen molar-refractivity contribution < 1.29 is 89.4 Å². The molecule has 6 aliphatic rings. The van der Waals surface area contributed by atoms with E-state index in [9.17, 15) is 19.8 Å². The molecule has 0 aromatic rings. The Bertz CT molecular complexity index is 1300. The molecule has 1 radical (unpaired) electrons. The predicted molar refractivity (Wildman–Crippen MR) is 200 cm³/mol. The van der Waals surface area contributed by atoms with E-state index >= 15 is 0 Å². The number of carbonyl (C=O) groups is 2. The minimum absolute atomic E-state index is 0. The Morgan fingerprint density at radius 3 is 0.820 bits per heavy atom. The summed E-state index contributed by atoms with van der Waals surface area (Å²) in [6.07, 6.45) is 16.4. The van der Waals surface area contributed by atoms with Crippen molar-refractivity contribution in [2.24, 2.45) is 0 Å². The molecule has 0 aromatic carbocycles. The van der Waals surface area contributed by atoms with Gasteiger partial charge in [-0.25, -0.2) is 9.15 Å². The van der Waals surface area contributed by atoms with Gasteiger partial charge >= 0.3 is 11.8 Å². The van der Waals surface area contributed by atoms with E-state index in [-0.39, 0.29) is 29.9 Å². The van der Waals surface area contributed by atoms with Gasteiger partial charge in [0.1, 0.15) is 13.1 Å². The average molecular weight is 1110 g/mol. The van der Waals surface area contributed by atoms with Crippen LogP contribution in [0.15, 0.2) is 0 Å². The molecule has 0 bridgehead atoms. The van der Waals surface area contributed by atoms with Crippen LogP contribution in [0.2, 0.25) is 0 Å². The molecular weight excluding hydrogens is 1070 g/mol. The standard InChI is InChI=1S/2C14H22N2O2.6NO3.Np/c2*17-13-3-1-9-15(13)11-5-7-12(8-6-11)16-10-2-4-14(16)18;6*2-1(3)4;/h2*11-12H,1-10H2;;;;;;;/q;;6*-1;/p+2. The Balaban J connectivity index is -0.000000723. The summed E-state index contributed by atoms with van der Waals surface area (Å²) in [6.45, 7) is 3.97. The van der Waals surface area contributed by atoms with E-state index in [1.54, 1.807) is 0 Å². The molecule has 6 rings (SSSR count). The maximum absolute atomic E-state index is 11.7. The fraction of sp³-hybridized carbons (Fsp3) is 0.857. The first-order valence-corrected chi connectivity index (χ1v) is 18.0. The molecule has 2 aliphatic carbocycles. The van der Waals surface area contributed by atoms with Crippen molar-refractivity contribution >= 4 is 23.6 Å². The van der Waals surface area contributed by atoms with Crippen LogP contribution in [0.25, 0.3) is 0 Å². The predicted octanol–water partition coefficient (Wildman–Crippen LogP) is 1.93. The number of aliphatic hydroxyl groups excluding tert-OH is 2. The molecule has 4 fully saturated rings. The van der Waals surface area contributed by atoms with Crippen LogP contribution in [0.5, 0.6) is 0 Å². The second kappa shape index (κ2) is 32.9. The van der Waals surface area contributed by atoms with Crippen LogP contribution >= 0.6 is 0 Å². The van der Waals surface area contributed by atoms with Gasteiger partial charge in [0.05, 0.1) is 43.4 Å². The van der Waals surface area contributed by atoms with Crippen LogP contribution in [0.1, 0.15) is 103 Å². The van der Waals surface area contributed by atoms with Crippen molar-refractivity contribution in [3.05, 3.63) is 91.9 Å². The average Bonchev–Trinajstić information content (AvgIpc) is 3.93. The van der Waals surface area contributed by atoms with Gasteiger partial charge in [-0.15, -0.1) is 0 Å². The molecule has 33 heteroatoms. The molecule has 2 saturated heterocycles. The zero-order valence-electron chi connectivity index (χ0n) is 32.4. The first-order valence-electron chi connectivity index (χ1n) is 18.0. The number of hydrogen-bond acceptors (Lipinski definition) is 20. The second-order valence-corrected chi connectivity index (χ2v) is 13.1. The monoisotopic (exact) mass is 1110 g/mol. The van der Waals surface area contributed by atoms with Crippen molar-refractivity contribution in [1.29, 1.82) is 0 Å². The molecule has 0 atom stereocenters. The summed E-state index contributed by atoms with van der Waals surface area (Å²) in [5, 5.41) is 108. The fourth-order valence-corrected chi connectivity index (χ4v) is 7.62. The van der Waals surface area contributed by atoms with Crippen LogP contribution in [0, 0.1) is 122 Å². The summed E-state index contributed by atoms with van der Waals surface area (Å²) in [6, 6.07) is 1.98. The van der Waals surface area contributed by atoms with Gasteiger partial charge in [0.2, 0.25) is 11.8 Å². The van der Waals surface area contributed by atoms with E-state index < -0.39 is 30.5 Å². The third-order valence-corrected chi connectivity index (χ3v) is 9.58. The Morgan fingerprint density at radius 2 is 0.656 bits per heavy atom. The summed E-state index contributed by atoms with van der Waals surface area (Å²) in [5.74, 6) is 1.90. The van der Waals surface area contributed by atoms with Crippen LogP contribution in [-0.2, 0) is 9.59 Å². The second-order valence-electron chi connectivity index (χ2n) is 13.1. The Hall–Kier alpha value is -5.91. The van der Waals surface area contributed by atoms with E-state index in [1.807, 2.05) is 0 Å². The number of likely N-dealkylation sites (tertiary alicyclic amines) is 2. The Kier molecular flexibility index (Phi) is 32.0. The van der Waals surface area contributed by atoms with Crippen LogP contribution in [-0.4, -0.2) is 134 Å². The van der Waals surface area contributed by atoms with Crippen molar-refractivity contribution in [3.8, 4) is 0 Å². The van der Waals surface area contributed by atoms with E-state index in [0.717, 1.165) is 129 Å². The van der Waals surface area contributed by atoms with Gasteiger partial charge in [-0.2, -0.15) is 0 Å². The molecule has 4 heterocycles. The van der Waals surface area contributed by atoms with Gasteiger partial charge in [0, 0.05) is 106 Å². The molecule has 2 amide bonds. The summed E-state index contributed by atoms with van der Waals surface area (Å²) >= 11 is 0.